The molecule has 26 heavy (non-hydrogen) atoms. The molecule has 0 radical (unpaired) electrons. The van der Waals surface area contributed by atoms with Gasteiger partial charge in [-0.3, -0.25) is 4.79 Å². The first-order valence-corrected chi connectivity index (χ1v) is 8.10. The Morgan fingerprint density at radius 2 is 1.81 bits per heavy atom. The van der Waals surface area contributed by atoms with Crippen molar-refractivity contribution in [3.63, 3.8) is 0 Å². The van der Waals surface area contributed by atoms with Crippen LogP contribution >= 0.6 is 0 Å². The summed E-state index contributed by atoms with van der Waals surface area (Å²) in [6.45, 7) is 0.0875. The van der Waals surface area contributed by atoms with Gasteiger partial charge in [0.1, 0.15) is 0 Å². The molecule has 2 N–H and O–H groups in total. The molecule has 0 fully saturated rings. The summed E-state index contributed by atoms with van der Waals surface area (Å²) in [5, 5.41) is 4.87. The van der Waals surface area contributed by atoms with Crippen LogP contribution in [0.4, 0.5) is 23.7 Å². The fourth-order valence-electron chi connectivity index (χ4n) is 2.16. The van der Waals surface area contributed by atoms with Crippen molar-refractivity contribution in [1.29, 1.82) is 0 Å². The second-order valence-electron chi connectivity index (χ2n) is 6.10. The monoisotopic (exact) mass is 375 g/mol. The summed E-state index contributed by atoms with van der Waals surface area (Å²) in [4.78, 5) is 24.8. The Morgan fingerprint density at radius 3 is 2.35 bits per heavy atom. The van der Waals surface area contributed by atoms with E-state index in [1.54, 1.807) is 0 Å². The van der Waals surface area contributed by atoms with E-state index in [2.05, 4.69) is 15.4 Å². The summed E-state index contributed by atoms with van der Waals surface area (Å²) in [6.07, 6.45) is -5.19. The van der Waals surface area contributed by atoms with Crippen molar-refractivity contribution in [2.24, 2.45) is 0 Å². The van der Waals surface area contributed by atoms with Gasteiger partial charge in [0.15, 0.2) is 6.61 Å². The van der Waals surface area contributed by atoms with Gasteiger partial charge in [0.25, 0.3) is 0 Å². The number of carbonyl (C=O) groups is 2. The first-order valence-electron chi connectivity index (χ1n) is 8.10. The third-order valence-corrected chi connectivity index (χ3v) is 3.39. The largest absolute Gasteiger partial charge is 0.440 e. The maximum absolute atomic E-state index is 11.9. The fraction of sp³-hybridized carbons (Fsp3) is 0.529. The lowest BCUT2D eigenvalue weighted by Gasteiger charge is -2.16. The number of alkyl carbamates (subject to hydrolysis) is 1. The summed E-state index contributed by atoms with van der Waals surface area (Å²) in [6, 6.07) is 7.82. The van der Waals surface area contributed by atoms with Gasteiger partial charge < -0.3 is 20.3 Å². The molecule has 0 saturated heterocycles. The van der Waals surface area contributed by atoms with Crippen molar-refractivity contribution in [2.75, 3.05) is 32.1 Å². The van der Waals surface area contributed by atoms with Crippen LogP contribution in [0, 0.1) is 0 Å². The second-order valence-corrected chi connectivity index (χ2v) is 6.10. The van der Waals surface area contributed by atoms with Gasteiger partial charge in [-0.05, 0) is 31.0 Å². The van der Waals surface area contributed by atoms with E-state index in [4.69, 9.17) is 0 Å². The number of nitrogens with zero attached hydrogens (tertiary/aromatic N) is 1. The maximum atomic E-state index is 11.9. The summed E-state index contributed by atoms with van der Waals surface area (Å²) in [5.74, 6) is -0.307. The molecule has 1 atom stereocenters. The fourth-order valence-corrected chi connectivity index (χ4v) is 2.16. The number of nitrogens with one attached hydrogen (secondary N) is 2. The molecule has 6 nitrogen and oxygen atoms in total. The molecule has 1 rings (SSSR count). The van der Waals surface area contributed by atoms with Crippen LogP contribution in [0.2, 0.25) is 0 Å². The number of carbonyl (C=O) groups excluding carboxylic acids is 2. The Morgan fingerprint density at radius 1 is 1.19 bits per heavy atom. The van der Waals surface area contributed by atoms with Gasteiger partial charge in [-0.25, -0.2) is 4.79 Å². The van der Waals surface area contributed by atoms with E-state index in [0.717, 1.165) is 11.3 Å². The van der Waals surface area contributed by atoms with E-state index < -0.39 is 18.9 Å². The number of ether oxygens (including phenoxy) is 1. The van der Waals surface area contributed by atoms with Gasteiger partial charge in [-0.15, -0.1) is 0 Å². The number of benzene rings is 1. The topological polar surface area (TPSA) is 70.7 Å². The highest BCUT2D eigenvalue weighted by atomic mass is 19.4. The van der Waals surface area contributed by atoms with Crippen LogP contribution in [0.25, 0.3) is 0 Å². The summed E-state index contributed by atoms with van der Waals surface area (Å²) in [5.41, 5.74) is 2.14. The molecule has 0 saturated carbocycles. The Labute approximate surface area is 150 Å². The molecule has 0 aliphatic heterocycles. The Bertz CT molecular complexity index is 589. The lowest BCUT2D eigenvalue weighted by Crippen LogP contribution is -2.37. The third kappa shape index (κ3) is 9.14. The van der Waals surface area contributed by atoms with E-state index in [1.807, 2.05) is 50.2 Å². The van der Waals surface area contributed by atoms with Gasteiger partial charge in [0.05, 0.1) is 0 Å². The van der Waals surface area contributed by atoms with Crippen LogP contribution < -0.4 is 15.5 Å². The number of hydrogen-bond donors (Lipinski definition) is 2. The first kappa shape index (κ1) is 21.6. The minimum absolute atomic E-state index is 0.0506. The number of alkyl halides is 3. The van der Waals surface area contributed by atoms with Gasteiger partial charge in [0.2, 0.25) is 5.91 Å². The quantitative estimate of drug-likeness (QED) is 0.732. The second kappa shape index (κ2) is 9.88. The predicted octanol–water partition coefficient (Wildman–Crippen LogP) is 2.48. The first-order chi connectivity index (χ1) is 12.1. The number of amides is 2. The van der Waals surface area contributed by atoms with Gasteiger partial charge >= 0.3 is 12.3 Å². The number of anilines is 1. The van der Waals surface area contributed by atoms with Crippen LogP contribution in [-0.2, 0) is 16.0 Å². The van der Waals surface area contributed by atoms with Crippen molar-refractivity contribution in [3.8, 4) is 0 Å². The summed E-state index contributed by atoms with van der Waals surface area (Å²) < 4.78 is 39.6. The predicted molar refractivity (Wildman–Crippen MR) is 92.1 cm³/mol. The Kier molecular flexibility index (Phi) is 8.21. The smallest absolute Gasteiger partial charge is 0.422 e. The molecule has 0 bridgehead atoms. The molecule has 0 aliphatic rings. The highest BCUT2D eigenvalue weighted by molar-refractivity contribution is 5.77. The molecule has 2 amide bonds. The lowest BCUT2D eigenvalue weighted by molar-refractivity contribution is -0.160. The average Bonchev–Trinajstić information content (AvgIpc) is 2.52. The highest BCUT2D eigenvalue weighted by Gasteiger charge is 2.29. The summed E-state index contributed by atoms with van der Waals surface area (Å²) >= 11 is 0. The molecular weight excluding hydrogens is 351 g/mol. The summed E-state index contributed by atoms with van der Waals surface area (Å²) in [7, 11) is 3.90. The number of halogens is 3. The number of hydrogen-bond acceptors (Lipinski definition) is 4. The molecule has 1 aromatic carbocycles. The minimum atomic E-state index is -4.57. The molecule has 1 unspecified atom stereocenters. The zero-order valence-electron chi connectivity index (χ0n) is 15.0. The highest BCUT2D eigenvalue weighted by Crippen LogP contribution is 2.14. The zero-order valence-corrected chi connectivity index (χ0v) is 15.0. The van der Waals surface area contributed by atoms with Crippen LogP contribution in [-0.4, -0.2) is 51.5 Å². The standard InChI is InChI=1S/C17H24F3N3O3/c1-12(10-13-4-6-14(7-5-13)23(2)3)22-15(24)8-9-21-16(25)26-11-17(18,19)20/h4-7,12H,8-11H2,1-3H3,(H,21,25)(H,22,24). The zero-order chi connectivity index (χ0) is 19.7. The molecule has 0 spiro atoms. The van der Waals surface area contributed by atoms with E-state index in [-0.39, 0.29) is 24.9 Å². The van der Waals surface area contributed by atoms with Crippen molar-refractivity contribution in [1.82, 2.24) is 10.6 Å². The van der Waals surface area contributed by atoms with E-state index in [1.165, 1.54) is 0 Å². The van der Waals surface area contributed by atoms with Crippen LogP contribution in [0.5, 0.6) is 0 Å². The molecule has 0 heterocycles. The van der Waals surface area contributed by atoms with Crippen molar-refractivity contribution in [3.05, 3.63) is 29.8 Å². The number of rotatable bonds is 8. The minimum Gasteiger partial charge on any atom is -0.440 e. The van der Waals surface area contributed by atoms with E-state index in [9.17, 15) is 22.8 Å². The third-order valence-electron chi connectivity index (χ3n) is 3.39. The average molecular weight is 375 g/mol. The van der Waals surface area contributed by atoms with Crippen LogP contribution in [0.15, 0.2) is 24.3 Å². The Balaban J connectivity index is 2.26. The maximum Gasteiger partial charge on any atom is 0.422 e. The van der Waals surface area contributed by atoms with Gasteiger partial charge in [-0.1, -0.05) is 12.1 Å². The molecule has 1 aromatic rings. The molecule has 146 valence electrons. The van der Waals surface area contributed by atoms with Crippen LogP contribution in [0.3, 0.4) is 0 Å². The van der Waals surface area contributed by atoms with Crippen molar-refractivity contribution >= 4 is 17.7 Å². The van der Waals surface area contributed by atoms with Crippen molar-refractivity contribution < 1.29 is 27.5 Å². The van der Waals surface area contributed by atoms with E-state index in [0.29, 0.717) is 6.42 Å². The molecule has 9 heteroatoms. The van der Waals surface area contributed by atoms with Crippen molar-refractivity contribution in [2.45, 2.75) is 32.0 Å². The SMILES string of the molecule is CC(Cc1ccc(N(C)C)cc1)NC(=O)CCNC(=O)OCC(F)(F)F. The van der Waals surface area contributed by atoms with Gasteiger partial charge in [-0.2, -0.15) is 13.2 Å². The molecular formula is C17H24F3N3O3. The lowest BCUT2D eigenvalue weighted by atomic mass is 10.1. The van der Waals surface area contributed by atoms with E-state index >= 15 is 0 Å². The molecule has 0 aliphatic carbocycles. The van der Waals surface area contributed by atoms with Gasteiger partial charge in [0, 0.05) is 38.8 Å². The normalized spacial score (nSPS) is 12.2. The molecule has 0 aromatic heterocycles. The van der Waals surface area contributed by atoms with Crippen LogP contribution in [0.1, 0.15) is 18.9 Å². The Hall–Kier alpha value is -2.45.